The molecule has 3 rings (SSSR count). The first kappa shape index (κ1) is 12.4. The monoisotopic (exact) mass is 261 g/mol. The average molecular weight is 261 g/mol. The molecule has 0 saturated carbocycles. The third-order valence-corrected chi connectivity index (χ3v) is 3.77. The van der Waals surface area contributed by atoms with Crippen molar-refractivity contribution < 1.29 is 9.52 Å². The van der Waals surface area contributed by atoms with E-state index in [1.165, 1.54) is 0 Å². The molecule has 0 spiro atoms. The SMILES string of the molecule is Cn1cc(C[C@H]2[C@H](O)CCN2Cc2ccco2)cn1. The molecule has 19 heavy (non-hydrogen) atoms. The first-order valence-electron chi connectivity index (χ1n) is 6.64. The molecule has 1 saturated heterocycles. The van der Waals surface area contributed by atoms with Crippen LogP contribution in [0, 0.1) is 0 Å². The lowest BCUT2D eigenvalue weighted by atomic mass is 10.0. The van der Waals surface area contributed by atoms with Crippen LogP contribution in [0.5, 0.6) is 0 Å². The fourth-order valence-electron chi connectivity index (χ4n) is 2.78. The van der Waals surface area contributed by atoms with E-state index in [1.54, 1.807) is 10.9 Å². The smallest absolute Gasteiger partial charge is 0.117 e. The fourth-order valence-corrected chi connectivity index (χ4v) is 2.78. The van der Waals surface area contributed by atoms with Crippen molar-refractivity contribution >= 4 is 0 Å². The second-order valence-corrected chi connectivity index (χ2v) is 5.20. The van der Waals surface area contributed by atoms with Gasteiger partial charge in [-0.3, -0.25) is 9.58 Å². The Labute approximate surface area is 112 Å². The van der Waals surface area contributed by atoms with E-state index in [2.05, 4.69) is 10.00 Å². The van der Waals surface area contributed by atoms with Crippen molar-refractivity contribution in [2.24, 2.45) is 7.05 Å². The van der Waals surface area contributed by atoms with E-state index in [9.17, 15) is 5.11 Å². The summed E-state index contributed by atoms with van der Waals surface area (Å²) >= 11 is 0. The normalized spacial score (nSPS) is 24.1. The van der Waals surface area contributed by atoms with Gasteiger partial charge in [-0.2, -0.15) is 5.10 Å². The minimum Gasteiger partial charge on any atom is -0.468 e. The van der Waals surface area contributed by atoms with Crippen LogP contribution in [0.25, 0.3) is 0 Å². The maximum atomic E-state index is 10.2. The highest BCUT2D eigenvalue weighted by molar-refractivity contribution is 5.09. The molecule has 3 heterocycles. The second-order valence-electron chi connectivity index (χ2n) is 5.20. The molecule has 1 aliphatic heterocycles. The van der Waals surface area contributed by atoms with Crippen LogP contribution in [0.3, 0.4) is 0 Å². The van der Waals surface area contributed by atoms with Gasteiger partial charge in [0.25, 0.3) is 0 Å². The highest BCUT2D eigenvalue weighted by Gasteiger charge is 2.33. The van der Waals surface area contributed by atoms with Crippen molar-refractivity contribution in [1.82, 2.24) is 14.7 Å². The molecule has 5 nitrogen and oxygen atoms in total. The summed E-state index contributed by atoms with van der Waals surface area (Å²) in [5.74, 6) is 0.949. The van der Waals surface area contributed by atoms with Gasteiger partial charge in [0, 0.05) is 25.8 Å². The van der Waals surface area contributed by atoms with Gasteiger partial charge in [-0.05, 0) is 30.5 Å². The number of furan rings is 1. The van der Waals surface area contributed by atoms with Gasteiger partial charge >= 0.3 is 0 Å². The maximum absolute atomic E-state index is 10.2. The number of hydrogen-bond acceptors (Lipinski definition) is 4. The Morgan fingerprint density at radius 1 is 1.53 bits per heavy atom. The van der Waals surface area contributed by atoms with Crippen LogP contribution in [0.2, 0.25) is 0 Å². The van der Waals surface area contributed by atoms with Crippen LogP contribution in [-0.4, -0.2) is 38.5 Å². The highest BCUT2D eigenvalue weighted by Crippen LogP contribution is 2.23. The molecule has 5 heteroatoms. The number of likely N-dealkylation sites (tertiary alicyclic amines) is 1. The van der Waals surface area contributed by atoms with Gasteiger partial charge in [-0.25, -0.2) is 0 Å². The number of aryl methyl sites for hydroxylation is 1. The minimum atomic E-state index is -0.268. The van der Waals surface area contributed by atoms with E-state index in [1.807, 2.05) is 31.6 Å². The third kappa shape index (κ3) is 2.72. The summed E-state index contributed by atoms with van der Waals surface area (Å²) in [5.41, 5.74) is 1.16. The lowest BCUT2D eigenvalue weighted by Gasteiger charge is -2.24. The van der Waals surface area contributed by atoms with Crippen molar-refractivity contribution in [3.05, 3.63) is 42.1 Å². The van der Waals surface area contributed by atoms with E-state index in [0.29, 0.717) is 0 Å². The number of aliphatic hydroxyl groups excluding tert-OH is 1. The quantitative estimate of drug-likeness (QED) is 0.898. The molecule has 2 atom stereocenters. The molecular formula is C14H19N3O2. The number of aromatic nitrogens is 2. The lowest BCUT2D eigenvalue weighted by molar-refractivity contribution is 0.109. The zero-order chi connectivity index (χ0) is 13.2. The van der Waals surface area contributed by atoms with Gasteiger partial charge in [0.1, 0.15) is 5.76 Å². The van der Waals surface area contributed by atoms with Gasteiger partial charge in [0.05, 0.1) is 25.1 Å². The van der Waals surface area contributed by atoms with Gasteiger partial charge in [0.2, 0.25) is 0 Å². The summed E-state index contributed by atoms with van der Waals surface area (Å²) in [4.78, 5) is 2.29. The summed E-state index contributed by atoms with van der Waals surface area (Å²) < 4.78 is 7.19. The van der Waals surface area contributed by atoms with Gasteiger partial charge in [-0.1, -0.05) is 0 Å². The summed E-state index contributed by atoms with van der Waals surface area (Å²) in [6.45, 7) is 1.67. The van der Waals surface area contributed by atoms with Crippen molar-refractivity contribution in [2.75, 3.05) is 6.54 Å². The number of nitrogens with zero attached hydrogens (tertiary/aromatic N) is 3. The summed E-state index contributed by atoms with van der Waals surface area (Å²) in [5, 5.41) is 14.3. The van der Waals surface area contributed by atoms with Crippen LogP contribution in [-0.2, 0) is 20.0 Å². The summed E-state index contributed by atoms with van der Waals surface area (Å²) in [6, 6.07) is 4.03. The number of rotatable bonds is 4. The predicted octanol–water partition coefficient (Wildman–Crippen LogP) is 1.19. The average Bonchev–Trinajstić information content (AvgIpc) is 3.08. The molecule has 102 valence electrons. The van der Waals surface area contributed by atoms with E-state index < -0.39 is 0 Å². The molecule has 2 aromatic heterocycles. The van der Waals surface area contributed by atoms with E-state index >= 15 is 0 Å². The molecule has 1 fully saturated rings. The van der Waals surface area contributed by atoms with Crippen molar-refractivity contribution in [1.29, 1.82) is 0 Å². The molecule has 0 amide bonds. The van der Waals surface area contributed by atoms with Crippen molar-refractivity contribution in [3.8, 4) is 0 Å². The molecule has 1 N–H and O–H groups in total. The van der Waals surface area contributed by atoms with Crippen molar-refractivity contribution in [2.45, 2.75) is 31.5 Å². The Kier molecular flexibility index (Phi) is 3.40. The highest BCUT2D eigenvalue weighted by atomic mass is 16.3. The van der Waals surface area contributed by atoms with Crippen LogP contribution in [0.15, 0.2) is 35.2 Å². The molecule has 0 aromatic carbocycles. The molecular weight excluding hydrogens is 242 g/mol. The Hall–Kier alpha value is -1.59. The zero-order valence-corrected chi connectivity index (χ0v) is 11.1. The summed E-state index contributed by atoms with van der Waals surface area (Å²) in [7, 11) is 1.91. The number of hydrogen-bond donors (Lipinski definition) is 1. The molecule has 0 unspecified atom stereocenters. The third-order valence-electron chi connectivity index (χ3n) is 3.77. The Bertz CT molecular complexity index is 521. The summed E-state index contributed by atoms with van der Waals surface area (Å²) in [6.07, 6.45) is 6.96. The zero-order valence-electron chi connectivity index (χ0n) is 11.1. The van der Waals surface area contributed by atoms with Crippen LogP contribution in [0.1, 0.15) is 17.7 Å². The first-order chi connectivity index (χ1) is 9.22. The molecule has 2 aromatic rings. The standard InChI is InChI=1S/C14H19N3O2/c1-16-9-11(8-15-16)7-13-14(18)4-5-17(13)10-12-3-2-6-19-12/h2-3,6,8-9,13-14,18H,4-5,7,10H2,1H3/t13-,14+/m0/s1. The topological polar surface area (TPSA) is 54.4 Å². The van der Waals surface area contributed by atoms with Crippen LogP contribution < -0.4 is 0 Å². The minimum absolute atomic E-state index is 0.147. The Balaban J connectivity index is 1.69. The van der Waals surface area contributed by atoms with E-state index in [4.69, 9.17) is 4.42 Å². The van der Waals surface area contributed by atoms with Crippen LogP contribution >= 0.6 is 0 Å². The number of aliphatic hydroxyl groups is 1. The molecule has 0 bridgehead atoms. The molecule has 0 radical (unpaired) electrons. The molecule has 1 aliphatic rings. The predicted molar refractivity (Wildman–Crippen MR) is 70.4 cm³/mol. The second kappa shape index (κ2) is 5.19. The Morgan fingerprint density at radius 3 is 3.11 bits per heavy atom. The van der Waals surface area contributed by atoms with Gasteiger partial charge in [-0.15, -0.1) is 0 Å². The van der Waals surface area contributed by atoms with Crippen LogP contribution in [0.4, 0.5) is 0 Å². The van der Waals surface area contributed by atoms with E-state index in [0.717, 1.165) is 37.3 Å². The molecule has 0 aliphatic carbocycles. The van der Waals surface area contributed by atoms with E-state index in [-0.39, 0.29) is 12.1 Å². The Morgan fingerprint density at radius 2 is 2.42 bits per heavy atom. The largest absolute Gasteiger partial charge is 0.468 e. The van der Waals surface area contributed by atoms with Gasteiger partial charge in [0.15, 0.2) is 0 Å². The lowest BCUT2D eigenvalue weighted by Crippen LogP contribution is -2.36. The van der Waals surface area contributed by atoms with Gasteiger partial charge < -0.3 is 9.52 Å². The fraction of sp³-hybridized carbons (Fsp3) is 0.500. The maximum Gasteiger partial charge on any atom is 0.117 e. The van der Waals surface area contributed by atoms with Crippen molar-refractivity contribution in [3.63, 3.8) is 0 Å². The first-order valence-corrected chi connectivity index (χ1v) is 6.64.